The molecular formula is C13H16FN3O. The van der Waals surface area contributed by atoms with Gasteiger partial charge in [-0.3, -0.25) is 10.2 Å². The minimum atomic E-state index is -0.311. The molecule has 0 saturated carbocycles. The van der Waals surface area contributed by atoms with Crippen molar-refractivity contribution in [3.8, 4) is 0 Å². The zero-order chi connectivity index (χ0) is 13.1. The van der Waals surface area contributed by atoms with Crippen molar-refractivity contribution < 1.29 is 9.18 Å². The zero-order valence-electron chi connectivity index (χ0n) is 10.1. The van der Waals surface area contributed by atoms with Gasteiger partial charge < -0.3 is 10.6 Å². The maximum absolute atomic E-state index is 13.1. The summed E-state index contributed by atoms with van der Waals surface area (Å²) in [5.41, 5.74) is 6.72. The van der Waals surface area contributed by atoms with E-state index in [0.717, 1.165) is 18.4 Å². The van der Waals surface area contributed by atoms with Crippen molar-refractivity contribution in [1.82, 2.24) is 4.90 Å². The highest BCUT2D eigenvalue weighted by molar-refractivity contribution is 6.00. The van der Waals surface area contributed by atoms with Crippen molar-refractivity contribution in [2.24, 2.45) is 5.73 Å². The quantitative estimate of drug-likeness (QED) is 0.778. The van der Waals surface area contributed by atoms with Crippen LogP contribution in [-0.2, 0) is 11.3 Å². The van der Waals surface area contributed by atoms with Crippen molar-refractivity contribution in [1.29, 1.82) is 5.41 Å². The second-order valence-electron chi connectivity index (χ2n) is 4.50. The lowest BCUT2D eigenvalue weighted by Crippen LogP contribution is -2.25. The zero-order valence-corrected chi connectivity index (χ0v) is 10.1. The van der Waals surface area contributed by atoms with Gasteiger partial charge in [0.25, 0.3) is 0 Å². The summed E-state index contributed by atoms with van der Waals surface area (Å²) in [6, 6.07) is 4.55. The largest absolute Gasteiger partial charge is 0.370 e. The smallest absolute Gasteiger partial charge is 0.217 e. The van der Waals surface area contributed by atoms with E-state index in [1.807, 2.05) is 4.90 Å². The number of unbranched alkanes of at least 4 members (excludes halogenated alkanes) is 1. The third-order valence-electron chi connectivity index (χ3n) is 3.11. The molecule has 96 valence electrons. The molecule has 0 aliphatic carbocycles. The van der Waals surface area contributed by atoms with Crippen LogP contribution in [0.3, 0.4) is 0 Å². The van der Waals surface area contributed by atoms with Gasteiger partial charge in [-0.1, -0.05) is 6.07 Å². The average Bonchev–Trinajstić information content (AvgIpc) is 2.62. The van der Waals surface area contributed by atoms with Crippen LogP contribution in [0.1, 0.15) is 30.4 Å². The fraction of sp³-hybridized carbons (Fsp3) is 0.385. The van der Waals surface area contributed by atoms with Gasteiger partial charge in [-0.25, -0.2) is 4.39 Å². The van der Waals surface area contributed by atoms with E-state index in [-0.39, 0.29) is 11.7 Å². The Kier molecular flexibility index (Phi) is 3.60. The van der Waals surface area contributed by atoms with Crippen LogP contribution in [0.4, 0.5) is 4.39 Å². The molecule has 0 fully saturated rings. The molecule has 1 aliphatic heterocycles. The van der Waals surface area contributed by atoms with Gasteiger partial charge in [0, 0.05) is 25.1 Å². The number of halogens is 1. The number of primary amides is 1. The van der Waals surface area contributed by atoms with Gasteiger partial charge in [-0.15, -0.1) is 0 Å². The number of nitrogens with zero attached hydrogens (tertiary/aromatic N) is 1. The van der Waals surface area contributed by atoms with Gasteiger partial charge >= 0.3 is 0 Å². The molecule has 1 aliphatic rings. The van der Waals surface area contributed by atoms with Crippen LogP contribution in [0.5, 0.6) is 0 Å². The molecule has 0 bridgehead atoms. The molecular weight excluding hydrogens is 233 g/mol. The predicted molar refractivity (Wildman–Crippen MR) is 66.7 cm³/mol. The molecule has 1 amide bonds. The highest BCUT2D eigenvalue weighted by Gasteiger charge is 2.23. The Balaban J connectivity index is 1.91. The summed E-state index contributed by atoms with van der Waals surface area (Å²) in [6.07, 6.45) is 1.91. The predicted octanol–water partition coefficient (Wildman–Crippen LogP) is 1.62. The van der Waals surface area contributed by atoms with Gasteiger partial charge in [0.15, 0.2) is 0 Å². The molecule has 0 spiro atoms. The molecule has 2 rings (SSSR count). The molecule has 1 aromatic rings. The molecule has 0 aromatic heterocycles. The summed E-state index contributed by atoms with van der Waals surface area (Å²) < 4.78 is 13.1. The summed E-state index contributed by atoms with van der Waals surface area (Å²) in [5.74, 6) is -0.241. The highest BCUT2D eigenvalue weighted by Crippen LogP contribution is 2.23. The molecule has 3 N–H and O–H groups in total. The van der Waals surface area contributed by atoms with Crippen molar-refractivity contribution in [2.75, 3.05) is 6.54 Å². The molecule has 1 aromatic carbocycles. The fourth-order valence-electron chi connectivity index (χ4n) is 2.15. The lowest BCUT2D eigenvalue weighted by atomic mass is 10.1. The van der Waals surface area contributed by atoms with E-state index < -0.39 is 0 Å². The molecule has 0 unspecified atom stereocenters. The Labute approximate surface area is 105 Å². The van der Waals surface area contributed by atoms with Crippen molar-refractivity contribution in [3.05, 3.63) is 35.1 Å². The second-order valence-corrected chi connectivity index (χ2v) is 4.50. The van der Waals surface area contributed by atoms with E-state index in [9.17, 15) is 9.18 Å². The Bertz CT molecular complexity index is 487. The number of hydrogen-bond acceptors (Lipinski definition) is 2. The van der Waals surface area contributed by atoms with E-state index in [0.29, 0.717) is 30.9 Å². The first kappa shape index (κ1) is 12.5. The van der Waals surface area contributed by atoms with Crippen LogP contribution in [0.15, 0.2) is 18.2 Å². The van der Waals surface area contributed by atoms with Crippen LogP contribution in [0.2, 0.25) is 0 Å². The second kappa shape index (κ2) is 5.16. The Morgan fingerprint density at radius 3 is 2.94 bits per heavy atom. The van der Waals surface area contributed by atoms with Crippen LogP contribution < -0.4 is 5.73 Å². The summed E-state index contributed by atoms with van der Waals surface area (Å²) in [5, 5.41) is 7.97. The van der Waals surface area contributed by atoms with Gasteiger partial charge in [0.1, 0.15) is 11.7 Å². The van der Waals surface area contributed by atoms with Crippen LogP contribution in [-0.4, -0.2) is 23.2 Å². The third kappa shape index (κ3) is 2.67. The number of carbonyl (C=O) groups is 1. The van der Waals surface area contributed by atoms with Crippen molar-refractivity contribution in [2.45, 2.75) is 25.8 Å². The number of amides is 1. The Hall–Kier alpha value is -1.91. The minimum Gasteiger partial charge on any atom is -0.370 e. The number of benzene rings is 1. The average molecular weight is 249 g/mol. The third-order valence-corrected chi connectivity index (χ3v) is 3.11. The minimum absolute atomic E-state index is 0.295. The number of nitrogens with one attached hydrogen (secondary N) is 1. The molecule has 18 heavy (non-hydrogen) atoms. The maximum atomic E-state index is 13.1. The summed E-state index contributed by atoms with van der Waals surface area (Å²) in [7, 11) is 0. The monoisotopic (exact) mass is 249 g/mol. The summed E-state index contributed by atoms with van der Waals surface area (Å²) in [6.45, 7) is 1.34. The number of carbonyl (C=O) groups excluding carboxylic acids is 1. The first-order valence-electron chi connectivity index (χ1n) is 5.98. The molecule has 0 saturated heterocycles. The molecule has 1 heterocycles. The van der Waals surface area contributed by atoms with E-state index >= 15 is 0 Å². The first-order chi connectivity index (χ1) is 8.58. The molecule has 5 heteroatoms. The van der Waals surface area contributed by atoms with Gasteiger partial charge in [-0.2, -0.15) is 0 Å². The van der Waals surface area contributed by atoms with Crippen LogP contribution in [0, 0.1) is 11.2 Å². The lowest BCUT2D eigenvalue weighted by molar-refractivity contribution is -0.118. The van der Waals surface area contributed by atoms with Gasteiger partial charge in [-0.05, 0) is 30.5 Å². The van der Waals surface area contributed by atoms with Crippen molar-refractivity contribution in [3.63, 3.8) is 0 Å². The number of hydrogen-bond donors (Lipinski definition) is 2. The topological polar surface area (TPSA) is 70.2 Å². The van der Waals surface area contributed by atoms with Gasteiger partial charge in [0.2, 0.25) is 5.91 Å². The van der Waals surface area contributed by atoms with E-state index in [2.05, 4.69) is 0 Å². The summed E-state index contributed by atoms with van der Waals surface area (Å²) >= 11 is 0. The van der Waals surface area contributed by atoms with Gasteiger partial charge in [0.05, 0.1) is 0 Å². The normalized spacial score (nSPS) is 13.8. The van der Waals surface area contributed by atoms with E-state index in [1.54, 1.807) is 6.07 Å². The van der Waals surface area contributed by atoms with Crippen LogP contribution in [0.25, 0.3) is 0 Å². The highest BCUT2D eigenvalue weighted by atomic mass is 19.1. The standard InChI is InChI=1S/C13H16FN3O/c14-10-5-4-9-8-17(13(16)11(9)7-10)6-2-1-3-12(15)18/h4-5,7,16H,1-3,6,8H2,(H2,15,18). The van der Waals surface area contributed by atoms with Crippen LogP contribution >= 0.6 is 0 Å². The number of nitrogens with two attached hydrogens (primary N) is 1. The molecule has 0 atom stereocenters. The Morgan fingerprint density at radius 1 is 1.44 bits per heavy atom. The summed E-state index contributed by atoms with van der Waals surface area (Å²) in [4.78, 5) is 12.5. The maximum Gasteiger partial charge on any atom is 0.217 e. The molecule has 0 radical (unpaired) electrons. The number of amidine groups is 1. The van der Waals surface area contributed by atoms with E-state index in [4.69, 9.17) is 11.1 Å². The lowest BCUT2D eigenvalue weighted by Gasteiger charge is -2.17. The SMILES string of the molecule is N=C1c2cc(F)ccc2CN1CCCCC(N)=O. The molecule has 4 nitrogen and oxygen atoms in total. The first-order valence-corrected chi connectivity index (χ1v) is 5.98. The number of fused-ring (bicyclic) bond motifs is 1. The van der Waals surface area contributed by atoms with Crippen molar-refractivity contribution >= 4 is 11.7 Å². The Morgan fingerprint density at radius 2 is 2.22 bits per heavy atom. The van der Waals surface area contributed by atoms with E-state index in [1.165, 1.54) is 12.1 Å². The number of rotatable bonds is 5. The fourth-order valence-corrected chi connectivity index (χ4v) is 2.15.